The number of anilines is 3. The van der Waals surface area contributed by atoms with E-state index < -0.39 is 0 Å². The van der Waals surface area contributed by atoms with Gasteiger partial charge < -0.3 is 15.5 Å². The number of aryl methyl sites for hydroxylation is 1. The Hall–Kier alpha value is -3.98. The Morgan fingerprint density at radius 1 is 1.12 bits per heavy atom. The van der Waals surface area contributed by atoms with Gasteiger partial charge in [0.25, 0.3) is 5.56 Å². The topological polar surface area (TPSA) is 92.9 Å². The predicted molar refractivity (Wildman–Crippen MR) is 164 cm³/mol. The van der Waals surface area contributed by atoms with Crippen LogP contribution >= 0.6 is 0 Å². The second-order valence-corrected chi connectivity index (χ2v) is 12.0. The van der Waals surface area contributed by atoms with E-state index in [2.05, 4.69) is 64.4 Å². The van der Waals surface area contributed by atoms with Crippen LogP contribution in [0.15, 0.2) is 60.0 Å². The van der Waals surface area contributed by atoms with Crippen LogP contribution in [0.25, 0.3) is 16.9 Å². The van der Waals surface area contributed by atoms with Crippen LogP contribution in [0.2, 0.25) is 0 Å². The summed E-state index contributed by atoms with van der Waals surface area (Å²) in [5.41, 5.74) is 5.45. The SMILES string of the molecule is C=CCn1c(=O)c2cnc(Nc3ccc(N4CCC5(CCNC5)CC4)cc3)nc2n1-c1ccc2c(n1)C(C)CCC2. The summed E-state index contributed by atoms with van der Waals surface area (Å²) in [5, 5.41) is 7.36. The number of aromatic nitrogens is 5. The summed E-state index contributed by atoms with van der Waals surface area (Å²) in [6, 6.07) is 12.6. The average molecular weight is 551 g/mol. The van der Waals surface area contributed by atoms with Crippen LogP contribution in [-0.2, 0) is 13.0 Å². The molecule has 7 rings (SSSR count). The van der Waals surface area contributed by atoms with E-state index in [1.54, 1.807) is 17.0 Å². The van der Waals surface area contributed by atoms with Crippen molar-refractivity contribution in [3.8, 4) is 5.82 Å². The molecular weight excluding hydrogens is 512 g/mol. The van der Waals surface area contributed by atoms with Gasteiger partial charge in [-0.25, -0.2) is 19.3 Å². The molecule has 0 bridgehead atoms. The number of benzene rings is 1. The number of nitrogens with zero attached hydrogens (tertiary/aromatic N) is 6. The summed E-state index contributed by atoms with van der Waals surface area (Å²) in [6.07, 6.45) is 10.5. The predicted octanol–water partition coefficient (Wildman–Crippen LogP) is 4.93. The van der Waals surface area contributed by atoms with Crippen molar-refractivity contribution < 1.29 is 0 Å². The first kappa shape index (κ1) is 26.0. The minimum atomic E-state index is -0.153. The fraction of sp³-hybridized carbons (Fsp3) is 0.438. The standard InChI is InChI=1S/C32H38N8O/c1-3-17-39-30(41)26-20-34-31(37-29(26)40(39)27-12-7-23-6-4-5-22(2)28(23)36-27)35-24-8-10-25(11-9-24)38-18-14-32(15-19-38)13-16-33-21-32/h3,7-12,20,22,33H,1,4-6,13-19,21H2,2H3,(H,34,35,37). The number of piperidine rings is 1. The highest BCUT2D eigenvalue weighted by Gasteiger charge is 2.37. The molecule has 2 aliphatic heterocycles. The number of pyridine rings is 1. The molecule has 1 unspecified atom stereocenters. The van der Waals surface area contributed by atoms with E-state index in [1.807, 2.05) is 10.7 Å². The lowest BCUT2D eigenvalue weighted by molar-refractivity contribution is 0.247. The summed E-state index contributed by atoms with van der Waals surface area (Å²) in [7, 11) is 0. The third-order valence-corrected chi connectivity index (χ3v) is 9.39. The summed E-state index contributed by atoms with van der Waals surface area (Å²) in [5.74, 6) is 1.52. The molecule has 3 aliphatic rings. The highest BCUT2D eigenvalue weighted by atomic mass is 16.1. The van der Waals surface area contributed by atoms with E-state index in [-0.39, 0.29) is 5.56 Å². The average Bonchev–Trinajstić information content (AvgIpc) is 3.56. The fourth-order valence-corrected chi connectivity index (χ4v) is 6.94. The number of hydrogen-bond acceptors (Lipinski definition) is 7. The maximum Gasteiger partial charge on any atom is 0.278 e. The normalized spacial score (nSPS) is 19.9. The first-order valence-electron chi connectivity index (χ1n) is 15.0. The minimum absolute atomic E-state index is 0.153. The monoisotopic (exact) mass is 550 g/mol. The Morgan fingerprint density at radius 3 is 2.71 bits per heavy atom. The quantitative estimate of drug-likeness (QED) is 0.329. The van der Waals surface area contributed by atoms with E-state index in [1.165, 1.54) is 43.5 Å². The van der Waals surface area contributed by atoms with Gasteiger partial charge in [-0.15, -0.1) is 6.58 Å². The number of nitrogens with one attached hydrogen (secondary N) is 2. The molecule has 0 radical (unpaired) electrons. The van der Waals surface area contributed by atoms with E-state index in [4.69, 9.17) is 9.97 Å². The zero-order valence-electron chi connectivity index (χ0n) is 23.8. The Bertz CT molecular complexity index is 1640. The van der Waals surface area contributed by atoms with Gasteiger partial charge in [-0.3, -0.25) is 4.79 Å². The molecule has 2 saturated heterocycles. The number of hydrogen-bond donors (Lipinski definition) is 2. The second-order valence-electron chi connectivity index (χ2n) is 12.0. The molecule has 3 aromatic heterocycles. The summed E-state index contributed by atoms with van der Waals surface area (Å²) in [6.45, 7) is 11.0. The van der Waals surface area contributed by atoms with Gasteiger partial charge >= 0.3 is 0 Å². The van der Waals surface area contributed by atoms with Crippen LogP contribution in [0.5, 0.6) is 0 Å². The molecule has 41 heavy (non-hydrogen) atoms. The molecule has 9 heteroatoms. The molecule has 0 amide bonds. The lowest BCUT2D eigenvalue weighted by Gasteiger charge is -2.40. The fourth-order valence-electron chi connectivity index (χ4n) is 6.94. The second kappa shape index (κ2) is 10.4. The van der Waals surface area contributed by atoms with Crippen molar-refractivity contribution in [2.24, 2.45) is 5.41 Å². The smallest absolute Gasteiger partial charge is 0.278 e. The summed E-state index contributed by atoms with van der Waals surface area (Å²) >= 11 is 0. The molecule has 2 N–H and O–H groups in total. The van der Waals surface area contributed by atoms with E-state index in [0.717, 1.165) is 43.9 Å². The molecular formula is C32H38N8O. The Labute approximate surface area is 240 Å². The van der Waals surface area contributed by atoms with Crippen LogP contribution in [0.3, 0.4) is 0 Å². The molecule has 1 aromatic carbocycles. The molecule has 1 spiro atoms. The van der Waals surface area contributed by atoms with Crippen molar-refractivity contribution >= 4 is 28.4 Å². The van der Waals surface area contributed by atoms with E-state index in [0.29, 0.717) is 40.7 Å². The summed E-state index contributed by atoms with van der Waals surface area (Å²) < 4.78 is 3.46. The maximum absolute atomic E-state index is 13.4. The van der Waals surface area contributed by atoms with Gasteiger partial charge in [0.05, 0.1) is 6.54 Å². The third kappa shape index (κ3) is 4.72. The van der Waals surface area contributed by atoms with E-state index in [9.17, 15) is 4.79 Å². The first-order chi connectivity index (χ1) is 20.0. The largest absolute Gasteiger partial charge is 0.371 e. The highest BCUT2D eigenvalue weighted by Crippen LogP contribution is 2.38. The Balaban J connectivity index is 1.17. The lowest BCUT2D eigenvalue weighted by Crippen LogP contribution is -2.41. The third-order valence-electron chi connectivity index (χ3n) is 9.39. The molecule has 9 nitrogen and oxygen atoms in total. The summed E-state index contributed by atoms with van der Waals surface area (Å²) in [4.78, 5) is 30.2. The van der Waals surface area contributed by atoms with Crippen molar-refractivity contribution in [3.05, 3.63) is 76.9 Å². The van der Waals surface area contributed by atoms with Gasteiger partial charge in [0.2, 0.25) is 5.95 Å². The molecule has 2 fully saturated rings. The van der Waals surface area contributed by atoms with Crippen molar-refractivity contribution in [3.63, 3.8) is 0 Å². The molecule has 4 aromatic rings. The number of fused-ring (bicyclic) bond motifs is 2. The van der Waals surface area contributed by atoms with Gasteiger partial charge in [-0.2, -0.15) is 4.98 Å². The van der Waals surface area contributed by atoms with Crippen molar-refractivity contribution in [2.45, 2.75) is 57.9 Å². The van der Waals surface area contributed by atoms with Crippen molar-refractivity contribution in [1.29, 1.82) is 0 Å². The first-order valence-corrected chi connectivity index (χ1v) is 15.0. The van der Waals surface area contributed by atoms with Crippen molar-refractivity contribution in [2.75, 3.05) is 36.4 Å². The van der Waals surface area contributed by atoms with Gasteiger partial charge in [0.15, 0.2) is 11.5 Å². The lowest BCUT2D eigenvalue weighted by atomic mass is 9.78. The minimum Gasteiger partial charge on any atom is -0.371 e. The molecule has 0 saturated carbocycles. The van der Waals surface area contributed by atoms with Gasteiger partial charge in [0.1, 0.15) is 5.39 Å². The Morgan fingerprint density at radius 2 is 1.95 bits per heavy atom. The number of allylic oxidation sites excluding steroid dienone is 1. The van der Waals surface area contributed by atoms with E-state index >= 15 is 0 Å². The maximum atomic E-state index is 13.4. The molecule has 1 aliphatic carbocycles. The molecule has 5 heterocycles. The molecule has 1 atom stereocenters. The van der Waals surface area contributed by atoms with Crippen LogP contribution in [0.4, 0.5) is 17.3 Å². The van der Waals surface area contributed by atoms with Crippen LogP contribution in [0, 0.1) is 5.41 Å². The zero-order valence-corrected chi connectivity index (χ0v) is 23.8. The van der Waals surface area contributed by atoms with Crippen molar-refractivity contribution in [1.82, 2.24) is 29.6 Å². The zero-order chi connectivity index (χ0) is 28.0. The van der Waals surface area contributed by atoms with Crippen LogP contribution < -0.4 is 21.1 Å². The number of rotatable bonds is 6. The molecule has 212 valence electrons. The Kier molecular flexibility index (Phi) is 6.61. The van der Waals surface area contributed by atoms with Gasteiger partial charge in [-0.1, -0.05) is 19.1 Å². The van der Waals surface area contributed by atoms with Gasteiger partial charge in [0, 0.05) is 42.9 Å². The van der Waals surface area contributed by atoms with Crippen LogP contribution in [-0.4, -0.2) is 50.5 Å². The van der Waals surface area contributed by atoms with Gasteiger partial charge in [-0.05, 0) is 92.3 Å². The highest BCUT2D eigenvalue weighted by molar-refractivity contribution is 5.77. The van der Waals surface area contributed by atoms with Crippen LogP contribution in [0.1, 0.15) is 56.2 Å².